The molecule has 0 heterocycles. The molecule has 2 rings (SSSR count). The zero-order valence-electron chi connectivity index (χ0n) is 9.84. The Hall–Kier alpha value is -0.330. The quantitative estimate of drug-likeness (QED) is 0.679. The predicted molar refractivity (Wildman–Crippen MR) is 62.8 cm³/mol. The van der Waals surface area contributed by atoms with Crippen LogP contribution in [0.15, 0.2) is 0 Å². The lowest BCUT2D eigenvalue weighted by atomic mass is 9.84. The summed E-state index contributed by atoms with van der Waals surface area (Å²) in [5, 5.41) is 0. The Morgan fingerprint density at radius 1 is 0.867 bits per heavy atom. The Morgan fingerprint density at radius 3 is 2.13 bits per heavy atom. The highest BCUT2D eigenvalue weighted by molar-refractivity contribution is 5.81. The van der Waals surface area contributed by atoms with Gasteiger partial charge in [0.25, 0.3) is 0 Å². The second-order valence-electron chi connectivity index (χ2n) is 5.49. The average Bonchev–Trinajstić information content (AvgIpc) is 2.80. The summed E-state index contributed by atoms with van der Waals surface area (Å²) in [6.07, 6.45) is 14.0. The maximum absolute atomic E-state index is 12.0. The minimum Gasteiger partial charge on any atom is -0.299 e. The van der Waals surface area contributed by atoms with E-state index in [0.717, 1.165) is 12.3 Å². The number of carbonyl (C=O) groups excluding carboxylic acids is 1. The van der Waals surface area contributed by atoms with Crippen molar-refractivity contribution in [1.29, 1.82) is 0 Å². The second-order valence-corrected chi connectivity index (χ2v) is 5.49. The van der Waals surface area contributed by atoms with Gasteiger partial charge in [-0.05, 0) is 25.2 Å². The highest BCUT2D eigenvalue weighted by atomic mass is 16.1. The molecular weight excluding hydrogens is 184 g/mol. The van der Waals surface area contributed by atoms with Gasteiger partial charge in [0.2, 0.25) is 0 Å². The lowest BCUT2D eigenvalue weighted by Crippen LogP contribution is -2.18. The van der Waals surface area contributed by atoms with Crippen LogP contribution in [-0.2, 0) is 4.79 Å². The third-order valence-electron chi connectivity index (χ3n) is 4.33. The van der Waals surface area contributed by atoms with E-state index in [2.05, 4.69) is 0 Å². The van der Waals surface area contributed by atoms with Crippen molar-refractivity contribution in [1.82, 2.24) is 0 Å². The van der Waals surface area contributed by atoms with Gasteiger partial charge in [-0.25, -0.2) is 0 Å². The van der Waals surface area contributed by atoms with Crippen molar-refractivity contribution in [3.8, 4) is 0 Å². The molecule has 86 valence electrons. The fourth-order valence-corrected chi connectivity index (χ4v) is 3.27. The summed E-state index contributed by atoms with van der Waals surface area (Å²) in [6.45, 7) is 0. The van der Waals surface area contributed by atoms with Gasteiger partial charge in [0.1, 0.15) is 5.78 Å². The predicted octanol–water partition coefficient (Wildman–Crippen LogP) is 4.11. The Morgan fingerprint density at radius 2 is 1.47 bits per heavy atom. The van der Waals surface area contributed by atoms with Gasteiger partial charge >= 0.3 is 0 Å². The third kappa shape index (κ3) is 3.32. The summed E-state index contributed by atoms with van der Waals surface area (Å²) >= 11 is 0. The molecule has 2 saturated carbocycles. The first-order chi connectivity index (χ1) is 7.36. The molecule has 1 nitrogen and oxygen atoms in total. The summed E-state index contributed by atoms with van der Waals surface area (Å²) in [4.78, 5) is 12.0. The highest BCUT2D eigenvalue weighted by Gasteiger charge is 2.22. The van der Waals surface area contributed by atoms with E-state index in [0.29, 0.717) is 11.7 Å². The third-order valence-corrected chi connectivity index (χ3v) is 4.33. The molecular formula is C14H24O. The van der Waals surface area contributed by atoms with Gasteiger partial charge in [0.15, 0.2) is 0 Å². The van der Waals surface area contributed by atoms with Crippen LogP contribution in [0.1, 0.15) is 70.6 Å². The maximum atomic E-state index is 12.0. The molecule has 0 N–H and O–H groups in total. The van der Waals surface area contributed by atoms with Gasteiger partial charge in [-0.15, -0.1) is 0 Å². The topological polar surface area (TPSA) is 17.1 Å². The number of hydrogen-bond donors (Lipinski definition) is 0. The van der Waals surface area contributed by atoms with Crippen LogP contribution in [0.3, 0.4) is 0 Å². The zero-order valence-corrected chi connectivity index (χ0v) is 9.84. The Kier molecular flexibility index (Phi) is 4.22. The largest absolute Gasteiger partial charge is 0.299 e. The molecule has 2 aliphatic rings. The van der Waals surface area contributed by atoms with Crippen LogP contribution in [-0.4, -0.2) is 5.78 Å². The van der Waals surface area contributed by atoms with Gasteiger partial charge < -0.3 is 0 Å². The minimum atomic E-state index is 0.445. The van der Waals surface area contributed by atoms with Crippen molar-refractivity contribution < 1.29 is 4.79 Å². The van der Waals surface area contributed by atoms with Crippen LogP contribution in [0, 0.1) is 11.8 Å². The number of rotatable bonds is 4. The van der Waals surface area contributed by atoms with E-state index in [1.165, 1.54) is 64.2 Å². The summed E-state index contributed by atoms with van der Waals surface area (Å²) in [5.41, 5.74) is 0. The molecule has 0 radical (unpaired) electrons. The molecule has 0 aliphatic heterocycles. The molecule has 0 aromatic heterocycles. The second kappa shape index (κ2) is 5.67. The van der Waals surface area contributed by atoms with Gasteiger partial charge in [0, 0.05) is 12.3 Å². The maximum Gasteiger partial charge on any atom is 0.135 e. The van der Waals surface area contributed by atoms with E-state index in [9.17, 15) is 4.79 Å². The molecule has 0 aromatic carbocycles. The molecule has 0 amide bonds. The zero-order chi connectivity index (χ0) is 10.5. The first-order valence-corrected chi connectivity index (χ1v) is 6.89. The summed E-state index contributed by atoms with van der Waals surface area (Å²) in [7, 11) is 0. The lowest BCUT2D eigenvalue weighted by Gasteiger charge is -2.20. The normalized spacial score (nSPS) is 24.5. The summed E-state index contributed by atoms with van der Waals surface area (Å²) < 4.78 is 0. The average molecular weight is 208 g/mol. The van der Waals surface area contributed by atoms with Gasteiger partial charge in [-0.3, -0.25) is 4.79 Å². The first kappa shape index (κ1) is 11.2. The van der Waals surface area contributed by atoms with Crippen molar-refractivity contribution in [3.05, 3.63) is 0 Å². The molecule has 0 bridgehead atoms. The first-order valence-electron chi connectivity index (χ1n) is 6.89. The molecule has 15 heavy (non-hydrogen) atoms. The van der Waals surface area contributed by atoms with E-state index in [4.69, 9.17) is 0 Å². The SMILES string of the molecule is O=C(CCC1CCCC1)C1CCCCC1. The van der Waals surface area contributed by atoms with E-state index >= 15 is 0 Å². The van der Waals surface area contributed by atoms with Gasteiger partial charge in [0.05, 0.1) is 0 Å². The number of Topliss-reactive ketones (excluding diaryl/α,β-unsaturated/α-hetero) is 1. The monoisotopic (exact) mass is 208 g/mol. The van der Waals surface area contributed by atoms with E-state index < -0.39 is 0 Å². The number of ketones is 1. The lowest BCUT2D eigenvalue weighted by molar-refractivity contribution is -0.124. The Balaban J connectivity index is 1.66. The molecule has 2 aliphatic carbocycles. The van der Waals surface area contributed by atoms with Crippen molar-refractivity contribution in [2.24, 2.45) is 11.8 Å². The van der Waals surface area contributed by atoms with Crippen LogP contribution in [0.2, 0.25) is 0 Å². The molecule has 0 saturated heterocycles. The minimum absolute atomic E-state index is 0.445. The van der Waals surface area contributed by atoms with Crippen LogP contribution in [0.5, 0.6) is 0 Å². The molecule has 1 heteroatoms. The van der Waals surface area contributed by atoms with E-state index in [1.807, 2.05) is 0 Å². The highest BCUT2D eigenvalue weighted by Crippen LogP contribution is 2.31. The van der Waals surface area contributed by atoms with Crippen molar-refractivity contribution in [2.75, 3.05) is 0 Å². The molecule has 0 spiro atoms. The molecule has 0 aromatic rings. The smallest absolute Gasteiger partial charge is 0.135 e. The Labute approximate surface area is 93.6 Å². The van der Waals surface area contributed by atoms with Crippen molar-refractivity contribution in [2.45, 2.75) is 70.6 Å². The molecule has 0 atom stereocenters. The Bertz CT molecular complexity index is 197. The number of hydrogen-bond acceptors (Lipinski definition) is 1. The fourth-order valence-electron chi connectivity index (χ4n) is 3.27. The van der Waals surface area contributed by atoms with Crippen molar-refractivity contribution in [3.63, 3.8) is 0 Å². The number of carbonyl (C=O) groups is 1. The van der Waals surface area contributed by atoms with Crippen LogP contribution < -0.4 is 0 Å². The summed E-state index contributed by atoms with van der Waals surface area (Å²) in [6, 6.07) is 0. The molecule has 0 unspecified atom stereocenters. The van der Waals surface area contributed by atoms with E-state index in [-0.39, 0.29) is 0 Å². The van der Waals surface area contributed by atoms with Crippen molar-refractivity contribution >= 4 is 5.78 Å². The summed E-state index contributed by atoms with van der Waals surface area (Å²) in [5.74, 6) is 1.92. The standard InChI is InChI=1S/C14H24O/c15-14(13-8-2-1-3-9-13)11-10-12-6-4-5-7-12/h12-13H,1-11H2. The van der Waals surface area contributed by atoms with Crippen LogP contribution in [0.4, 0.5) is 0 Å². The molecule has 2 fully saturated rings. The van der Waals surface area contributed by atoms with Crippen LogP contribution in [0.25, 0.3) is 0 Å². The fraction of sp³-hybridized carbons (Fsp3) is 0.929. The van der Waals surface area contributed by atoms with E-state index in [1.54, 1.807) is 0 Å². The van der Waals surface area contributed by atoms with Crippen LogP contribution >= 0.6 is 0 Å². The van der Waals surface area contributed by atoms with Gasteiger partial charge in [-0.2, -0.15) is 0 Å². The van der Waals surface area contributed by atoms with Gasteiger partial charge in [-0.1, -0.05) is 44.9 Å².